The van der Waals surface area contributed by atoms with Crippen molar-refractivity contribution < 1.29 is 4.74 Å². The van der Waals surface area contributed by atoms with Crippen LogP contribution >= 0.6 is 0 Å². The molecule has 0 amide bonds. The van der Waals surface area contributed by atoms with Gasteiger partial charge in [0.05, 0.1) is 37.0 Å². The van der Waals surface area contributed by atoms with Crippen molar-refractivity contribution in [2.75, 3.05) is 37.7 Å². The summed E-state index contributed by atoms with van der Waals surface area (Å²) >= 11 is 0. The molecular formula is C21H25N7O. The third-order valence-corrected chi connectivity index (χ3v) is 5.61. The first-order valence-corrected chi connectivity index (χ1v) is 10.2. The Kier molecular flexibility index (Phi) is 4.92. The summed E-state index contributed by atoms with van der Waals surface area (Å²) in [6.45, 7) is 6.44. The number of hydrogen-bond donors (Lipinski definition) is 2. The Labute approximate surface area is 169 Å². The maximum absolute atomic E-state index is 5.61. The number of ether oxygens (including phenoxy) is 1. The van der Waals surface area contributed by atoms with E-state index in [2.05, 4.69) is 50.3 Å². The molecule has 5 rings (SSSR count). The Balaban J connectivity index is 1.61. The van der Waals surface area contributed by atoms with Gasteiger partial charge in [-0.3, -0.25) is 5.10 Å². The number of H-pyrrole nitrogens is 1. The molecule has 1 unspecified atom stereocenters. The minimum absolute atomic E-state index is 0.264. The summed E-state index contributed by atoms with van der Waals surface area (Å²) < 4.78 is 7.41. The molecule has 5 heterocycles. The van der Waals surface area contributed by atoms with E-state index >= 15 is 0 Å². The Morgan fingerprint density at radius 3 is 3.10 bits per heavy atom. The molecule has 150 valence electrons. The van der Waals surface area contributed by atoms with Crippen molar-refractivity contribution in [3.05, 3.63) is 30.1 Å². The normalized spacial score (nSPS) is 22.4. The fraction of sp³-hybridized carbons (Fsp3) is 0.476. The van der Waals surface area contributed by atoms with Gasteiger partial charge in [-0.25, -0.2) is 4.98 Å². The van der Waals surface area contributed by atoms with Gasteiger partial charge < -0.3 is 15.0 Å². The van der Waals surface area contributed by atoms with Crippen LogP contribution in [0.4, 0.5) is 5.82 Å². The second-order valence-electron chi connectivity index (χ2n) is 7.69. The zero-order chi connectivity index (χ0) is 19.6. The van der Waals surface area contributed by atoms with E-state index in [9.17, 15) is 0 Å². The average molecular weight is 391 g/mol. The second-order valence-corrected chi connectivity index (χ2v) is 7.69. The van der Waals surface area contributed by atoms with E-state index in [0.717, 1.165) is 54.3 Å². The molecule has 8 heteroatoms. The highest BCUT2D eigenvalue weighted by atomic mass is 16.5. The minimum Gasteiger partial charge on any atom is -0.377 e. The Morgan fingerprint density at radius 1 is 1.34 bits per heavy atom. The number of morpholine rings is 1. The quantitative estimate of drug-likeness (QED) is 0.647. The summed E-state index contributed by atoms with van der Waals surface area (Å²) in [5.74, 6) is 9.01. The number of hydrogen-bond acceptors (Lipinski definition) is 6. The number of piperidine rings is 1. The molecule has 0 bridgehead atoms. The van der Waals surface area contributed by atoms with Crippen molar-refractivity contribution in [1.29, 1.82) is 0 Å². The van der Waals surface area contributed by atoms with Crippen molar-refractivity contribution in [1.82, 2.24) is 30.3 Å². The van der Waals surface area contributed by atoms with Gasteiger partial charge in [0.2, 0.25) is 0 Å². The maximum atomic E-state index is 5.61. The molecule has 2 atom stereocenters. The van der Waals surface area contributed by atoms with Gasteiger partial charge in [-0.1, -0.05) is 11.8 Å². The number of aromatic amines is 1. The third kappa shape index (κ3) is 3.59. The monoisotopic (exact) mass is 391 g/mol. The molecule has 2 fully saturated rings. The Morgan fingerprint density at radius 2 is 2.31 bits per heavy atom. The highest BCUT2D eigenvalue weighted by molar-refractivity contribution is 5.85. The molecule has 0 spiro atoms. The number of nitrogens with one attached hydrogen (secondary N) is 2. The zero-order valence-electron chi connectivity index (χ0n) is 16.6. The van der Waals surface area contributed by atoms with Crippen LogP contribution in [-0.2, 0) is 4.74 Å². The molecule has 2 N–H and O–H groups in total. The van der Waals surface area contributed by atoms with Crippen LogP contribution in [0.1, 0.15) is 25.3 Å². The van der Waals surface area contributed by atoms with Gasteiger partial charge in [-0.2, -0.15) is 14.9 Å². The van der Waals surface area contributed by atoms with Crippen LogP contribution in [0.3, 0.4) is 0 Å². The number of fused-ring (bicyclic) bond motifs is 1. The topological polar surface area (TPSA) is 83.9 Å². The van der Waals surface area contributed by atoms with E-state index < -0.39 is 0 Å². The van der Waals surface area contributed by atoms with Crippen LogP contribution in [0.5, 0.6) is 0 Å². The smallest absolute Gasteiger partial charge is 0.168 e. The summed E-state index contributed by atoms with van der Waals surface area (Å²) in [4.78, 5) is 7.26. The zero-order valence-corrected chi connectivity index (χ0v) is 16.6. The summed E-state index contributed by atoms with van der Waals surface area (Å²) in [5.41, 5.74) is 1.76. The van der Waals surface area contributed by atoms with E-state index in [1.165, 1.54) is 6.42 Å². The average Bonchev–Trinajstić information content (AvgIpc) is 3.42. The van der Waals surface area contributed by atoms with Gasteiger partial charge in [0, 0.05) is 30.6 Å². The Hall–Kier alpha value is -2.89. The number of nitrogens with zero attached hydrogens (tertiary/aromatic N) is 5. The summed E-state index contributed by atoms with van der Waals surface area (Å²) in [5, 5.41) is 16.0. The van der Waals surface area contributed by atoms with Crippen molar-refractivity contribution in [3.63, 3.8) is 0 Å². The van der Waals surface area contributed by atoms with E-state index in [0.29, 0.717) is 19.1 Å². The predicted molar refractivity (Wildman–Crippen MR) is 111 cm³/mol. The number of anilines is 1. The summed E-state index contributed by atoms with van der Waals surface area (Å²) in [6, 6.07) is 4.25. The highest BCUT2D eigenvalue weighted by Crippen LogP contribution is 2.26. The highest BCUT2D eigenvalue weighted by Gasteiger charge is 2.22. The molecule has 2 aliphatic rings. The number of rotatable bonds is 2. The summed E-state index contributed by atoms with van der Waals surface area (Å²) in [7, 11) is 0. The first-order valence-electron chi connectivity index (χ1n) is 10.2. The van der Waals surface area contributed by atoms with E-state index in [1.807, 2.05) is 12.3 Å². The van der Waals surface area contributed by atoms with Gasteiger partial charge in [-0.15, -0.1) is 0 Å². The molecule has 3 aromatic rings. The molecule has 2 aliphatic heterocycles. The first-order chi connectivity index (χ1) is 14.3. The van der Waals surface area contributed by atoms with Crippen molar-refractivity contribution >= 4 is 16.9 Å². The van der Waals surface area contributed by atoms with Crippen LogP contribution in [0, 0.1) is 17.8 Å². The minimum atomic E-state index is 0.264. The van der Waals surface area contributed by atoms with E-state index in [1.54, 1.807) is 10.9 Å². The van der Waals surface area contributed by atoms with Gasteiger partial charge in [0.1, 0.15) is 5.82 Å². The number of aromatic nitrogens is 5. The molecular weight excluding hydrogens is 366 g/mol. The SMILES string of the molecule is C[C@@H]1COCCN1c1cc(C#CC2CCCNC2)c2cnn(-c3ccn[nH]3)c2n1. The lowest BCUT2D eigenvalue weighted by Crippen LogP contribution is -2.44. The maximum Gasteiger partial charge on any atom is 0.168 e. The molecule has 8 nitrogen and oxygen atoms in total. The van der Waals surface area contributed by atoms with E-state index in [4.69, 9.17) is 9.72 Å². The fourth-order valence-electron chi connectivity index (χ4n) is 4.00. The second kappa shape index (κ2) is 7.85. The standard InChI is InChI=1S/C21H25N7O/c1-15-14-29-10-9-27(15)20-11-17(5-4-16-3-2-7-22-12-16)18-13-24-28(21(18)25-20)19-6-8-23-26-19/h6,8,11,13,15-16,22H,2-3,7,9-10,12,14H2,1H3,(H,23,26)/t15-,16?/m1/s1. The molecule has 29 heavy (non-hydrogen) atoms. The van der Waals surface area contributed by atoms with Gasteiger partial charge in [-0.05, 0) is 32.4 Å². The lowest BCUT2D eigenvalue weighted by Gasteiger charge is -2.34. The summed E-state index contributed by atoms with van der Waals surface area (Å²) in [6.07, 6.45) is 5.89. The lowest BCUT2D eigenvalue weighted by atomic mass is 10.00. The molecule has 0 aliphatic carbocycles. The molecule has 3 aromatic heterocycles. The van der Waals surface area contributed by atoms with Crippen LogP contribution in [0.15, 0.2) is 24.5 Å². The molecule has 2 saturated heterocycles. The molecule has 0 radical (unpaired) electrons. The predicted octanol–water partition coefficient (Wildman–Crippen LogP) is 1.72. The van der Waals surface area contributed by atoms with Crippen molar-refractivity contribution in [3.8, 4) is 17.7 Å². The Bertz CT molecular complexity index is 1040. The van der Waals surface area contributed by atoms with Crippen LogP contribution in [0.2, 0.25) is 0 Å². The van der Waals surface area contributed by atoms with Crippen LogP contribution in [0.25, 0.3) is 16.9 Å². The number of pyridine rings is 1. The third-order valence-electron chi connectivity index (χ3n) is 5.61. The van der Waals surface area contributed by atoms with Crippen LogP contribution in [-0.4, -0.2) is 63.9 Å². The van der Waals surface area contributed by atoms with Crippen molar-refractivity contribution in [2.24, 2.45) is 5.92 Å². The van der Waals surface area contributed by atoms with Gasteiger partial charge in [0.15, 0.2) is 11.5 Å². The fourth-order valence-corrected chi connectivity index (χ4v) is 4.00. The van der Waals surface area contributed by atoms with E-state index in [-0.39, 0.29) is 6.04 Å². The van der Waals surface area contributed by atoms with Crippen molar-refractivity contribution in [2.45, 2.75) is 25.8 Å². The molecule has 0 aromatic carbocycles. The molecule has 0 saturated carbocycles. The first kappa shape index (κ1) is 18.2. The van der Waals surface area contributed by atoms with Gasteiger partial charge >= 0.3 is 0 Å². The van der Waals surface area contributed by atoms with Gasteiger partial charge in [0.25, 0.3) is 0 Å². The van der Waals surface area contributed by atoms with Crippen LogP contribution < -0.4 is 10.2 Å². The lowest BCUT2D eigenvalue weighted by molar-refractivity contribution is 0.0985. The largest absolute Gasteiger partial charge is 0.377 e.